The number of nitrogens with one attached hydrogen (secondary N) is 1. The van der Waals surface area contributed by atoms with E-state index in [4.69, 9.17) is 0 Å². The largest absolute Gasteiger partial charge is 0.311 e. The molecular weight excluding hydrogens is 198 g/mol. The fourth-order valence-electron chi connectivity index (χ4n) is 2.43. The Morgan fingerprint density at radius 2 is 2.50 bits per heavy atom. The normalized spacial score (nSPS) is 21.4. The molecule has 1 N–H and O–H groups in total. The molecule has 0 aliphatic carbocycles. The lowest BCUT2D eigenvalue weighted by atomic mass is 10.2. The van der Waals surface area contributed by atoms with Crippen LogP contribution < -0.4 is 5.32 Å². The van der Waals surface area contributed by atoms with E-state index in [2.05, 4.69) is 28.2 Å². The van der Waals surface area contributed by atoms with Gasteiger partial charge >= 0.3 is 0 Å². The first kappa shape index (κ1) is 11.6. The first-order valence-corrected chi connectivity index (χ1v) is 6.24. The van der Waals surface area contributed by atoms with E-state index in [1.54, 1.807) is 0 Å². The van der Waals surface area contributed by atoms with Gasteiger partial charge in [-0.05, 0) is 37.6 Å². The predicted octanol–water partition coefficient (Wildman–Crippen LogP) is 1.66. The molecule has 16 heavy (non-hydrogen) atoms. The smallest absolute Gasteiger partial charge is 0.0312 e. The van der Waals surface area contributed by atoms with Crippen molar-refractivity contribution in [2.24, 2.45) is 0 Å². The second kappa shape index (κ2) is 5.97. The molecule has 2 rings (SSSR count). The molecule has 1 aromatic rings. The second-order valence-electron chi connectivity index (χ2n) is 4.42. The van der Waals surface area contributed by atoms with Crippen molar-refractivity contribution in [3.63, 3.8) is 0 Å². The van der Waals surface area contributed by atoms with E-state index in [1.807, 2.05) is 18.5 Å². The zero-order chi connectivity index (χ0) is 11.2. The third kappa shape index (κ3) is 3.03. The standard InChI is InChI=1S/C13H21N3/c1-2-16-8-4-6-13(16)11-15-10-12-5-3-7-14-9-12/h3,5,7,9,13,15H,2,4,6,8,10-11H2,1H3. The number of hydrogen-bond donors (Lipinski definition) is 1. The maximum atomic E-state index is 4.12. The molecule has 3 nitrogen and oxygen atoms in total. The molecule has 3 heteroatoms. The second-order valence-corrected chi connectivity index (χ2v) is 4.42. The number of pyridine rings is 1. The van der Waals surface area contributed by atoms with Gasteiger partial charge in [0, 0.05) is 31.5 Å². The van der Waals surface area contributed by atoms with Crippen molar-refractivity contribution in [2.45, 2.75) is 32.4 Å². The summed E-state index contributed by atoms with van der Waals surface area (Å²) in [6.07, 6.45) is 6.44. The number of aromatic nitrogens is 1. The molecule has 1 unspecified atom stereocenters. The van der Waals surface area contributed by atoms with Gasteiger partial charge in [-0.25, -0.2) is 0 Å². The molecule has 2 heterocycles. The lowest BCUT2D eigenvalue weighted by Gasteiger charge is -2.22. The summed E-state index contributed by atoms with van der Waals surface area (Å²) in [6, 6.07) is 4.85. The van der Waals surface area contributed by atoms with Gasteiger partial charge in [-0.1, -0.05) is 13.0 Å². The fourth-order valence-corrected chi connectivity index (χ4v) is 2.43. The van der Waals surface area contributed by atoms with Crippen LogP contribution in [0.15, 0.2) is 24.5 Å². The Morgan fingerprint density at radius 1 is 1.56 bits per heavy atom. The molecule has 88 valence electrons. The average Bonchev–Trinajstić information content (AvgIpc) is 2.78. The van der Waals surface area contributed by atoms with Gasteiger partial charge in [0.05, 0.1) is 0 Å². The molecule has 1 aromatic heterocycles. The zero-order valence-electron chi connectivity index (χ0n) is 10.0. The van der Waals surface area contributed by atoms with E-state index < -0.39 is 0 Å². The van der Waals surface area contributed by atoms with Crippen LogP contribution in [0.2, 0.25) is 0 Å². The lowest BCUT2D eigenvalue weighted by molar-refractivity contribution is 0.260. The Bertz CT molecular complexity index is 299. The Morgan fingerprint density at radius 3 is 3.25 bits per heavy atom. The number of nitrogens with zero attached hydrogens (tertiary/aromatic N) is 2. The Hall–Kier alpha value is -0.930. The van der Waals surface area contributed by atoms with Gasteiger partial charge in [-0.2, -0.15) is 0 Å². The maximum absolute atomic E-state index is 4.12. The van der Waals surface area contributed by atoms with Gasteiger partial charge in [0.25, 0.3) is 0 Å². The molecule has 1 aliphatic heterocycles. The third-order valence-electron chi connectivity index (χ3n) is 3.34. The minimum atomic E-state index is 0.738. The van der Waals surface area contributed by atoms with Crippen molar-refractivity contribution in [3.8, 4) is 0 Å². The quantitative estimate of drug-likeness (QED) is 0.816. The molecule has 0 saturated carbocycles. The first-order valence-electron chi connectivity index (χ1n) is 6.24. The van der Waals surface area contributed by atoms with Crippen LogP contribution in [0.4, 0.5) is 0 Å². The number of hydrogen-bond acceptors (Lipinski definition) is 3. The summed E-state index contributed by atoms with van der Waals surface area (Å²) < 4.78 is 0. The highest BCUT2D eigenvalue weighted by atomic mass is 15.2. The van der Waals surface area contributed by atoms with Crippen LogP contribution in [-0.4, -0.2) is 35.6 Å². The van der Waals surface area contributed by atoms with E-state index in [-0.39, 0.29) is 0 Å². The van der Waals surface area contributed by atoms with Crippen molar-refractivity contribution in [2.75, 3.05) is 19.6 Å². The summed E-state index contributed by atoms with van der Waals surface area (Å²) in [5.74, 6) is 0. The highest BCUT2D eigenvalue weighted by Gasteiger charge is 2.21. The lowest BCUT2D eigenvalue weighted by Crippen LogP contribution is -2.37. The van der Waals surface area contributed by atoms with Gasteiger partial charge < -0.3 is 5.32 Å². The minimum absolute atomic E-state index is 0.738. The number of likely N-dealkylation sites (N-methyl/N-ethyl adjacent to an activating group) is 1. The maximum Gasteiger partial charge on any atom is 0.0312 e. The predicted molar refractivity (Wildman–Crippen MR) is 66.2 cm³/mol. The Kier molecular flexibility index (Phi) is 4.31. The topological polar surface area (TPSA) is 28.2 Å². The van der Waals surface area contributed by atoms with Crippen molar-refractivity contribution >= 4 is 0 Å². The number of rotatable bonds is 5. The summed E-state index contributed by atoms with van der Waals surface area (Å²) in [5.41, 5.74) is 1.27. The molecule has 1 aliphatic rings. The molecular formula is C13H21N3. The monoisotopic (exact) mass is 219 g/mol. The van der Waals surface area contributed by atoms with E-state index in [0.29, 0.717) is 0 Å². The van der Waals surface area contributed by atoms with E-state index in [9.17, 15) is 0 Å². The zero-order valence-corrected chi connectivity index (χ0v) is 10.0. The van der Waals surface area contributed by atoms with Crippen LogP contribution in [0, 0.1) is 0 Å². The van der Waals surface area contributed by atoms with Gasteiger partial charge in [0.2, 0.25) is 0 Å². The summed E-state index contributed by atoms with van der Waals surface area (Å²) in [5, 5.41) is 3.53. The Balaban J connectivity index is 1.72. The highest BCUT2D eigenvalue weighted by molar-refractivity contribution is 5.07. The minimum Gasteiger partial charge on any atom is -0.311 e. The van der Waals surface area contributed by atoms with Crippen LogP contribution in [-0.2, 0) is 6.54 Å². The molecule has 1 atom stereocenters. The van der Waals surface area contributed by atoms with E-state index in [1.165, 1.54) is 31.5 Å². The SMILES string of the molecule is CCN1CCCC1CNCc1cccnc1. The van der Waals surface area contributed by atoms with Gasteiger partial charge in [0.1, 0.15) is 0 Å². The van der Waals surface area contributed by atoms with Crippen LogP contribution in [0.3, 0.4) is 0 Å². The van der Waals surface area contributed by atoms with Gasteiger partial charge in [-0.15, -0.1) is 0 Å². The van der Waals surface area contributed by atoms with Crippen LogP contribution >= 0.6 is 0 Å². The molecule has 0 aromatic carbocycles. The summed E-state index contributed by atoms with van der Waals surface area (Å²) in [7, 11) is 0. The van der Waals surface area contributed by atoms with E-state index in [0.717, 1.165) is 19.1 Å². The summed E-state index contributed by atoms with van der Waals surface area (Å²) in [6.45, 7) is 6.74. The highest BCUT2D eigenvalue weighted by Crippen LogP contribution is 2.15. The average molecular weight is 219 g/mol. The third-order valence-corrected chi connectivity index (χ3v) is 3.34. The molecule has 0 spiro atoms. The van der Waals surface area contributed by atoms with Crippen molar-refractivity contribution in [1.29, 1.82) is 0 Å². The molecule has 0 amide bonds. The Labute approximate surface area is 97.9 Å². The van der Waals surface area contributed by atoms with Gasteiger partial charge in [0.15, 0.2) is 0 Å². The number of likely N-dealkylation sites (tertiary alicyclic amines) is 1. The van der Waals surface area contributed by atoms with Crippen LogP contribution in [0.1, 0.15) is 25.3 Å². The van der Waals surface area contributed by atoms with Crippen LogP contribution in [0.25, 0.3) is 0 Å². The summed E-state index contributed by atoms with van der Waals surface area (Å²) in [4.78, 5) is 6.68. The molecule has 0 bridgehead atoms. The molecule has 0 radical (unpaired) electrons. The first-order chi connectivity index (χ1) is 7.90. The van der Waals surface area contributed by atoms with Crippen molar-refractivity contribution in [3.05, 3.63) is 30.1 Å². The van der Waals surface area contributed by atoms with Crippen molar-refractivity contribution in [1.82, 2.24) is 15.2 Å². The van der Waals surface area contributed by atoms with Crippen LogP contribution in [0.5, 0.6) is 0 Å². The van der Waals surface area contributed by atoms with Gasteiger partial charge in [-0.3, -0.25) is 9.88 Å². The van der Waals surface area contributed by atoms with E-state index >= 15 is 0 Å². The molecule has 1 fully saturated rings. The van der Waals surface area contributed by atoms with Crippen molar-refractivity contribution < 1.29 is 0 Å². The molecule has 1 saturated heterocycles. The fraction of sp³-hybridized carbons (Fsp3) is 0.615. The summed E-state index contributed by atoms with van der Waals surface area (Å²) >= 11 is 0.